The molecule has 4 N–H and O–H groups in total. The molecule has 3 atom stereocenters. The average molecular weight is 655 g/mol. The molecule has 12 heteroatoms. The molecule has 0 unspecified atom stereocenters. The van der Waals surface area contributed by atoms with Gasteiger partial charge in [0.2, 0.25) is 15.9 Å². The Morgan fingerprint density at radius 3 is 2.00 bits per heavy atom. The second kappa shape index (κ2) is 15.4. The number of sulfonamides is 1. The molecule has 1 fully saturated rings. The Labute approximate surface area is 267 Å². The van der Waals surface area contributed by atoms with Crippen molar-refractivity contribution < 1.29 is 42.5 Å². The fraction of sp³-hybridized carbons (Fsp3) is 0.382. The molecule has 3 aromatic carbocycles. The number of nitrogens with zero attached hydrogens (tertiary/aromatic N) is 1. The lowest BCUT2D eigenvalue weighted by Gasteiger charge is -2.48. The van der Waals surface area contributed by atoms with Gasteiger partial charge in [-0.3, -0.25) is 14.4 Å². The molecule has 1 saturated heterocycles. The molecule has 1 aliphatic heterocycles. The summed E-state index contributed by atoms with van der Waals surface area (Å²) in [5.41, 5.74) is 4.07. The van der Waals surface area contributed by atoms with Gasteiger partial charge >= 0.3 is 11.9 Å². The maximum atomic E-state index is 13.5. The zero-order chi connectivity index (χ0) is 33.4. The van der Waals surface area contributed by atoms with Crippen LogP contribution in [0.4, 0.5) is 10.1 Å². The van der Waals surface area contributed by atoms with Gasteiger partial charge in [0.1, 0.15) is 5.82 Å². The fourth-order valence-electron chi connectivity index (χ4n) is 5.81. The van der Waals surface area contributed by atoms with E-state index in [4.69, 9.17) is 10.2 Å². The lowest BCUT2D eigenvalue weighted by molar-refractivity contribution is -0.154. The second-order valence-corrected chi connectivity index (χ2v) is 13.5. The van der Waals surface area contributed by atoms with Gasteiger partial charge in [0, 0.05) is 12.2 Å². The normalized spacial score (nSPS) is 17.1. The van der Waals surface area contributed by atoms with E-state index in [0.717, 1.165) is 22.9 Å². The van der Waals surface area contributed by atoms with Gasteiger partial charge in [0.05, 0.1) is 24.3 Å². The molecular weight excluding hydrogens is 615 g/mol. The van der Waals surface area contributed by atoms with Crippen LogP contribution in [0.1, 0.15) is 66.5 Å². The number of halogens is 1. The number of carbonyl (C=O) groups excluding carboxylic acids is 1. The van der Waals surface area contributed by atoms with Crippen LogP contribution in [0.2, 0.25) is 0 Å². The average Bonchev–Trinajstić information content (AvgIpc) is 3.00. The van der Waals surface area contributed by atoms with Crippen LogP contribution >= 0.6 is 0 Å². The molecule has 0 aliphatic carbocycles. The number of rotatable bonds is 17. The minimum absolute atomic E-state index is 0.0139. The summed E-state index contributed by atoms with van der Waals surface area (Å²) in [6.07, 6.45) is 3.14. The summed E-state index contributed by atoms with van der Waals surface area (Å²) < 4.78 is 38.4. The van der Waals surface area contributed by atoms with Crippen LogP contribution in [0.5, 0.6) is 0 Å². The molecule has 1 aliphatic rings. The third-order valence-electron chi connectivity index (χ3n) is 8.32. The highest BCUT2D eigenvalue weighted by atomic mass is 32.2. The minimum atomic E-state index is -3.25. The number of hydrogen-bond acceptors (Lipinski definition) is 6. The number of carboxylic acids is 2. The number of hydrogen-bond donors (Lipinski definition) is 4. The van der Waals surface area contributed by atoms with Gasteiger partial charge in [0.15, 0.2) is 5.92 Å². The maximum Gasteiger partial charge on any atom is 0.317 e. The van der Waals surface area contributed by atoms with Crippen molar-refractivity contribution in [1.82, 2.24) is 4.72 Å². The Bertz CT molecular complexity index is 1600. The van der Waals surface area contributed by atoms with Crippen molar-refractivity contribution >= 4 is 33.6 Å². The predicted octanol–water partition coefficient (Wildman–Crippen LogP) is 4.63. The largest absolute Gasteiger partial charge is 0.481 e. The molecule has 46 heavy (non-hydrogen) atoms. The van der Waals surface area contributed by atoms with Crippen LogP contribution in [-0.2, 0) is 37.2 Å². The number of β-lactam (4-membered cyclic amide) rings is 1. The van der Waals surface area contributed by atoms with Crippen LogP contribution in [0, 0.1) is 17.7 Å². The van der Waals surface area contributed by atoms with Crippen molar-refractivity contribution in [3.05, 3.63) is 101 Å². The van der Waals surface area contributed by atoms with Crippen molar-refractivity contribution in [2.45, 2.75) is 57.1 Å². The Morgan fingerprint density at radius 2 is 1.43 bits per heavy atom. The Balaban J connectivity index is 1.47. The molecule has 1 heterocycles. The lowest BCUT2D eigenvalue weighted by Crippen LogP contribution is -2.55. The summed E-state index contributed by atoms with van der Waals surface area (Å²) >= 11 is 0. The van der Waals surface area contributed by atoms with E-state index < -0.39 is 45.7 Å². The highest BCUT2D eigenvalue weighted by molar-refractivity contribution is 7.88. The smallest absolute Gasteiger partial charge is 0.317 e. The zero-order valence-corrected chi connectivity index (χ0v) is 26.3. The quantitative estimate of drug-likeness (QED) is 0.0931. The van der Waals surface area contributed by atoms with Crippen LogP contribution in [0.15, 0.2) is 72.8 Å². The Morgan fingerprint density at radius 1 is 0.870 bits per heavy atom. The number of aryl methyl sites for hydroxylation is 2. The minimum Gasteiger partial charge on any atom is -0.481 e. The number of aliphatic hydroxyl groups excluding tert-OH is 1. The van der Waals surface area contributed by atoms with Gasteiger partial charge < -0.3 is 20.2 Å². The van der Waals surface area contributed by atoms with E-state index in [0.29, 0.717) is 56.3 Å². The first-order chi connectivity index (χ1) is 21.8. The lowest BCUT2D eigenvalue weighted by atomic mass is 9.78. The van der Waals surface area contributed by atoms with E-state index in [1.807, 2.05) is 48.5 Å². The van der Waals surface area contributed by atoms with Crippen LogP contribution < -0.4 is 9.62 Å². The number of amides is 1. The van der Waals surface area contributed by atoms with Gasteiger partial charge in [-0.2, -0.15) is 0 Å². The van der Waals surface area contributed by atoms with E-state index in [-0.39, 0.29) is 18.4 Å². The number of anilines is 1. The first-order valence-corrected chi connectivity index (χ1v) is 17.1. The van der Waals surface area contributed by atoms with Gasteiger partial charge in [-0.25, -0.2) is 17.5 Å². The van der Waals surface area contributed by atoms with Crippen LogP contribution in [-0.4, -0.2) is 54.4 Å². The third kappa shape index (κ3) is 9.21. The van der Waals surface area contributed by atoms with Crippen molar-refractivity contribution in [2.24, 2.45) is 11.8 Å². The number of aliphatic hydroxyl groups is 1. The molecule has 246 valence electrons. The summed E-state index contributed by atoms with van der Waals surface area (Å²) in [6.45, 7) is 0.328. The first kappa shape index (κ1) is 34.7. The maximum absolute atomic E-state index is 13.5. The topological polar surface area (TPSA) is 161 Å². The van der Waals surface area contributed by atoms with Gasteiger partial charge in [-0.15, -0.1) is 0 Å². The molecule has 0 saturated carbocycles. The summed E-state index contributed by atoms with van der Waals surface area (Å²) in [7, 11) is -3.25. The summed E-state index contributed by atoms with van der Waals surface area (Å²) in [5.74, 6) is -5.05. The van der Waals surface area contributed by atoms with Crippen molar-refractivity contribution in [3.63, 3.8) is 0 Å². The molecular formula is C34H39FN2O8S. The van der Waals surface area contributed by atoms with Crippen molar-refractivity contribution in [2.75, 3.05) is 17.7 Å². The second-order valence-electron chi connectivity index (χ2n) is 11.7. The van der Waals surface area contributed by atoms with Crippen molar-refractivity contribution in [1.29, 1.82) is 0 Å². The Hall–Kier alpha value is -4.13. The molecule has 4 rings (SSSR count). The SMILES string of the molecule is CS(=O)(=O)NCCCc1ccc(N2C(=O)[C@H](CC[C@H](O)c3ccc(F)cc3)[C@H]2c2ccc(CCCC(C(=O)O)C(=O)O)cc2)cc1. The molecule has 0 aromatic heterocycles. The number of carbonyl (C=O) groups is 3. The van der Waals surface area contributed by atoms with Crippen LogP contribution in [0.25, 0.3) is 0 Å². The number of benzene rings is 3. The molecule has 0 radical (unpaired) electrons. The number of carboxylic acid groups (broad SMARTS) is 2. The molecule has 3 aromatic rings. The predicted molar refractivity (Wildman–Crippen MR) is 170 cm³/mol. The van der Waals surface area contributed by atoms with E-state index in [2.05, 4.69) is 4.72 Å². The summed E-state index contributed by atoms with van der Waals surface area (Å²) in [6, 6.07) is 20.5. The van der Waals surface area contributed by atoms with E-state index >= 15 is 0 Å². The van der Waals surface area contributed by atoms with Crippen LogP contribution in [0.3, 0.4) is 0 Å². The zero-order valence-electron chi connectivity index (χ0n) is 25.5. The van der Waals surface area contributed by atoms with Gasteiger partial charge in [-0.05, 0) is 91.5 Å². The van der Waals surface area contributed by atoms with Gasteiger partial charge in [-0.1, -0.05) is 48.5 Å². The standard InChI is InChI=1S/C34H39FN2O8S/c1-46(44,45)36-21-3-5-23-9-17-27(18-10-23)37-31(28(32(37)39)19-20-30(38)24-13-15-26(35)16-14-24)25-11-7-22(8-12-25)4-2-6-29(33(40)41)34(42)43/h7-18,28-31,36,38H,2-6,19-21H2,1H3,(H,40,41)(H,42,43)/t28-,30+,31-/m1/s1. The van der Waals surface area contributed by atoms with E-state index in [1.54, 1.807) is 4.90 Å². The third-order valence-corrected chi connectivity index (χ3v) is 9.04. The van der Waals surface area contributed by atoms with E-state index in [9.17, 15) is 32.3 Å². The molecule has 0 spiro atoms. The highest BCUT2D eigenvalue weighted by Gasteiger charge is 2.48. The molecule has 0 bridgehead atoms. The number of aliphatic carboxylic acids is 2. The first-order valence-electron chi connectivity index (χ1n) is 15.2. The van der Waals surface area contributed by atoms with Gasteiger partial charge in [0.25, 0.3) is 0 Å². The monoisotopic (exact) mass is 654 g/mol. The van der Waals surface area contributed by atoms with Crippen molar-refractivity contribution in [3.8, 4) is 0 Å². The summed E-state index contributed by atoms with van der Waals surface area (Å²) in [4.78, 5) is 37.6. The molecule has 10 nitrogen and oxygen atoms in total. The number of nitrogens with one attached hydrogen (secondary N) is 1. The molecule has 1 amide bonds. The highest BCUT2D eigenvalue weighted by Crippen LogP contribution is 2.46. The fourth-order valence-corrected chi connectivity index (χ4v) is 6.32. The Kier molecular flexibility index (Phi) is 11.7. The van der Waals surface area contributed by atoms with E-state index in [1.165, 1.54) is 24.3 Å². The summed E-state index contributed by atoms with van der Waals surface area (Å²) in [5, 5.41) is 29.0.